The Labute approximate surface area is 179 Å². The minimum Gasteiger partial charge on any atom is -0.454 e. The van der Waals surface area contributed by atoms with E-state index in [0.717, 1.165) is 21.3 Å². The molecule has 29 heavy (non-hydrogen) atoms. The molecule has 2 aliphatic heterocycles. The van der Waals surface area contributed by atoms with E-state index >= 15 is 0 Å². The molecular weight excluding hydrogens is 456 g/mol. The van der Waals surface area contributed by atoms with Crippen molar-refractivity contribution in [2.75, 3.05) is 17.9 Å². The molecule has 5 rings (SSSR count). The largest absolute Gasteiger partial charge is 0.454 e. The van der Waals surface area contributed by atoms with E-state index in [1.54, 1.807) is 6.08 Å². The first kappa shape index (κ1) is 18.3. The van der Waals surface area contributed by atoms with Gasteiger partial charge in [-0.3, -0.25) is 0 Å². The van der Waals surface area contributed by atoms with E-state index in [4.69, 9.17) is 14.2 Å². The number of fused-ring (bicyclic) bond motifs is 4. The van der Waals surface area contributed by atoms with Gasteiger partial charge >= 0.3 is 0 Å². The topological polar surface area (TPSA) is 78.4 Å². The highest BCUT2D eigenvalue weighted by atomic mass is 79.9. The van der Waals surface area contributed by atoms with Gasteiger partial charge in [0.2, 0.25) is 17.8 Å². The molecule has 0 radical (unpaired) electrons. The van der Waals surface area contributed by atoms with Crippen LogP contribution in [-0.4, -0.2) is 27.7 Å². The summed E-state index contributed by atoms with van der Waals surface area (Å²) in [4.78, 5) is 4.60. The van der Waals surface area contributed by atoms with E-state index in [1.807, 2.05) is 36.4 Å². The lowest BCUT2D eigenvalue weighted by Gasteiger charge is -2.20. The Hall–Kier alpha value is -2.78. The Kier molecular flexibility index (Phi) is 4.76. The van der Waals surface area contributed by atoms with Crippen molar-refractivity contribution < 1.29 is 14.2 Å². The highest BCUT2D eigenvalue weighted by molar-refractivity contribution is 9.10. The number of hydrogen-bond acceptors (Lipinski definition) is 8. The standard InChI is InChI=1S/C20H15BrN4O3S/c1-2-7-29-20-23-19-17(24-25-20)11-5-3-4-6-14(11)22-18(28-19)12-8-15-16(9-13(12)21)27-10-26-15/h2-6,8-9,18,22H,1,7,10H2. The van der Waals surface area contributed by atoms with Gasteiger partial charge in [-0.15, -0.1) is 16.8 Å². The molecule has 3 heterocycles. The molecule has 2 aromatic carbocycles. The first-order chi connectivity index (χ1) is 14.2. The minimum absolute atomic E-state index is 0.205. The summed E-state index contributed by atoms with van der Waals surface area (Å²) in [5, 5.41) is 12.6. The summed E-state index contributed by atoms with van der Waals surface area (Å²) in [6.45, 7) is 3.94. The third kappa shape index (κ3) is 3.40. The highest BCUT2D eigenvalue weighted by Crippen LogP contribution is 2.44. The molecule has 0 amide bonds. The Bertz CT molecular complexity index is 1110. The Morgan fingerprint density at radius 2 is 2.03 bits per heavy atom. The smallest absolute Gasteiger partial charge is 0.247 e. The third-order valence-electron chi connectivity index (χ3n) is 4.44. The number of aromatic nitrogens is 3. The van der Waals surface area contributed by atoms with Crippen molar-refractivity contribution in [2.45, 2.75) is 11.4 Å². The van der Waals surface area contributed by atoms with Gasteiger partial charge in [0.15, 0.2) is 23.4 Å². The van der Waals surface area contributed by atoms with Crippen LogP contribution in [-0.2, 0) is 0 Å². The van der Waals surface area contributed by atoms with Gasteiger partial charge in [-0.05, 0) is 18.2 Å². The summed E-state index contributed by atoms with van der Waals surface area (Å²) in [7, 11) is 0. The van der Waals surface area contributed by atoms with E-state index in [9.17, 15) is 0 Å². The summed E-state index contributed by atoms with van der Waals surface area (Å²) in [5.74, 6) is 2.47. The van der Waals surface area contributed by atoms with Gasteiger partial charge in [0.25, 0.3) is 0 Å². The number of hydrogen-bond donors (Lipinski definition) is 1. The van der Waals surface area contributed by atoms with Crippen LogP contribution in [0.15, 0.2) is 58.7 Å². The Balaban J connectivity index is 1.61. The predicted octanol–water partition coefficient (Wildman–Crippen LogP) is 4.81. The molecule has 0 fully saturated rings. The summed E-state index contributed by atoms with van der Waals surface area (Å²) < 4.78 is 18.1. The highest BCUT2D eigenvalue weighted by Gasteiger charge is 2.29. The number of halogens is 1. The minimum atomic E-state index is -0.518. The molecule has 3 aromatic rings. The maximum absolute atomic E-state index is 6.30. The van der Waals surface area contributed by atoms with E-state index < -0.39 is 6.23 Å². The maximum atomic E-state index is 6.30. The number of thioether (sulfide) groups is 1. The van der Waals surface area contributed by atoms with Crippen molar-refractivity contribution in [1.29, 1.82) is 0 Å². The van der Waals surface area contributed by atoms with Gasteiger partial charge in [-0.2, -0.15) is 4.98 Å². The molecule has 146 valence electrons. The summed E-state index contributed by atoms with van der Waals surface area (Å²) in [6, 6.07) is 11.6. The molecular formula is C20H15BrN4O3S. The molecule has 0 saturated carbocycles. The molecule has 2 aliphatic rings. The van der Waals surface area contributed by atoms with E-state index in [1.165, 1.54) is 11.8 Å². The van der Waals surface area contributed by atoms with Gasteiger partial charge in [-0.1, -0.05) is 52.0 Å². The Morgan fingerprint density at radius 3 is 2.90 bits per heavy atom. The third-order valence-corrected chi connectivity index (χ3v) is 5.96. The monoisotopic (exact) mass is 470 g/mol. The number of rotatable bonds is 4. The fraction of sp³-hybridized carbons (Fsp3) is 0.150. The summed E-state index contributed by atoms with van der Waals surface area (Å²) in [6.07, 6.45) is 1.28. The van der Waals surface area contributed by atoms with Crippen molar-refractivity contribution in [1.82, 2.24) is 15.2 Å². The first-order valence-electron chi connectivity index (χ1n) is 8.83. The van der Waals surface area contributed by atoms with Crippen LogP contribution in [0.4, 0.5) is 5.69 Å². The zero-order valence-electron chi connectivity index (χ0n) is 15.1. The van der Waals surface area contributed by atoms with Crippen LogP contribution in [0.2, 0.25) is 0 Å². The van der Waals surface area contributed by atoms with Gasteiger partial charge < -0.3 is 19.5 Å². The zero-order valence-corrected chi connectivity index (χ0v) is 17.5. The number of para-hydroxylation sites is 1. The average Bonchev–Trinajstić information content (AvgIpc) is 3.12. The molecule has 9 heteroatoms. The van der Waals surface area contributed by atoms with Crippen molar-refractivity contribution in [3.05, 3.63) is 59.1 Å². The predicted molar refractivity (Wildman–Crippen MR) is 113 cm³/mol. The van der Waals surface area contributed by atoms with Crippen LogP contribution in [0.1, 0.15) is 11.8 Å². The fourth-order valence-electron chi connectivity index (χ4n) is 3.12. The first-order valence-corrected chi connectivity index (χ1v) is 10.6. The van der Waals surface area contributed by atoms with Crippen LogP contribution in [0, 0.1) is 0 Å². The molecule has 0 bridgehead atoms. The van der Waals surface area contributed by atoms with Gasteiger partial charge in [0, 0.05) is 27.0 Å². The van der Waals surface area contributed by atoms with Crippen LogP contribution < -0.4 is 19.5 Å². The lowest BCUT2D eigenvalue weighted by molar-refractivity contribution is 0.173. The van der Waals surface area contributed by atoms with Crippen molar-refractivity contribution in [2.24, 2.45) is 0 Å². The van der Waals surface area contributed by atoms with Crippen molar-refractivity contribution in [3.8, 4) is 28.6 Å². The summed E-state index contributed by atoms with van der Waals surface area (Å²) in [5.41, 5.74) is 3.21. The van der Waals surface area contributed by atoms with Crippen LogP contribution in [0.3, 0.4) is 0 Å². The van der Waals surface area contributed by atoms with Crippen LogP contribution in [0.5, 0.6) is 17.4 Å². The molecule has 0 saturated heterocycles. The summed E-state index contributed by atoms with van der Waals surface area (Å²) >= 11 is 5.07. The van der Waals surface area contributed by atoms with Gasteiger partial charge in [0.05, 0.1) is 0 Å². The molecule has 1 N–H and O–H groups in total. The number of anilines is 1. The number of nitrogens with zero attached hydrogens (tertiary/aromatic N) is 3. The van der Waals surface area contributed by atoms with Crippen molar-refractivity contribution in [3.63, 3.8) is 0 Å². The number of ether oxygens (including phenoxy) is 3. The molecule has 7 nitrogen and oxygen atoms in total. The fourth-order valence-corrected chi connectivity index (χ4v) is 4.16. The SMILES string of the molecule is C=CCSc1nnc2c(n1)OC(c1cc3c(cc1Br)OCO3)Nc1ccccc1-2. The van der Waals surface area contributed by atoms with Gasteiger partial charge in [-0.25, -0.2) is 0 Å². The average molecular weight is 471 g/mol. The van der Waals surface area contributed by atoms with Crippen molar-refractivity contribution >= 4 is 33.4 Å². The molecule has 1 unspecified atom stereocenters. The lowest BCUT2D eigenvalue weighted by atomic mass is 10.1. The maximum Gasteiger partial charge on any atom is 0.247 e. The van der Waals surface area contributed by atoms with E-state index in [0.29, 0.717) is 34.0 Å². The molecule has 0 spiro atoms. The lowest BCUT2D eigenvalue weighted by Crippen LogP contribution is -2.17. The second-order valence-corrected chi connectivity index (χ2v) is 8.10. The molecule has 1 atom stereocenters. The van der Waals surface area contributed by atoms with Crippen LogP contribution in [0.25, 0.3) is 11.3 Å². The van der Waals surface area contributed by atoms with E-state index in [2.05, 4.69) is 43.0 Å². The Morgan fingerprint density at radius 1 is 1.21 bits per heavy atom. The number of nitrogens with one attached hydrogen (secondary N) is 1. The second kappa shape index (κ2) is 7.57. The number of benzene rings is 2. The normalized spacial score (nSPS) is 16.1. The molecule has 0 aliphatic carbocycles. The van der Waals surface area contributed by atoms with Gasteiger partial charge in [0.1, 0.15) is 0 Å². The quantitative estimate of drug-likeness (QED) is 0.429. The van der Waals surface area contributed by atoms with E-state index in [-0.39, 0.29) is 6.79 Å². The zero-order chi connectivity index (χ0) is 19.8. The molecule has 1 aromatic heterocycles. The second-order valence-electron chi connectivity index (χ2n) is 6.26. The van der Waals surface area contributed by atoms with Crippen LogP contribution >= 0.6 is 27.7 Å².